The van der Waals surface area contributed by atoms with Crippen molar-refractivity contribution in [3.63, 3.8) is 0 Å². The van der Waals surface area contributed by atoms with E-state index in [4.69, 9.17) is 0 Å². The maximum absolute atomic E-state index is 4.45. The zero-order valence-electron chi connectivity index (χ0n) is 12.7. The zero-order chi connectivity index (χ0) is 14.8. The fraction of sp³-hybridized carbons (Fsp3) is 0.294. The number of hydrogen-bond acceptors (Lipinski definition) is 3. The van der Waals surface area contributed by atoms with Crippen molar-refractivity contribution in [3.05, 3.63) is 59.2 Å². The van der Waals surface area contributed by atoms with Gasteiger partial charge in [0.2, 0.25) is 0 Å². The number of pyridine rings is 1. The Morgan fingerprint density at radius 3 is 2.71 bits per heavy atom. The first-order chi connectivity index (χ1) is 10.1. The van der Waals surface area contributed by atoms with E-state index >= 15 is 0 Å². The van der Waals surface area contributed by atoms with Crippen LogP contribution in [0.25, 0.3) is 10.8 Å². The van der Waals surface area contributed by atoms with E-state index in [2.05, 4.69) is 47.4 Å². The smallest absolute Gasteiger partial charge is 0.0641 e. The highest BCUT2D eigenvalue weighted by Gasteiger charge is 2.08. The third kappa shape index (κ3) is 2.81. The first kappa shape index (κ1) is 13.8. The van der Waals surface area contributed by atoms with E-state index in [1.165, 1.54) is 27.6 Å². The summed E-state index contributed by atoms with van der Waals surface area (Å²) in [5, 5.41) is 10.4. The van der Waals surface area contributed by atoms with Crippen LogP contribution in [0.1, 0.15) is 22.5 Å². The second-order valence-corrected chi connectivity index (χ2v) is 5.43. The molecule has 0 bridgehead atoms. The van der Waals surface area contributed by atoms with Gasteiger partial charge in [0.15, 0.2) is 0 Å². The van der Waals surface area contributed by atoms with Crippen LogP contribution < -0.4 is 5.32 Å². The molecule has 1 aromatic carbocycles. The Labute approximate surface area is 124 Å². The van der Waals surface area contributed by atoms with Gasteiger partial charge >= 0.3 is 0 Å². The first-order valence-electron chi connectivity index (χ1n) is 7.17. The largest absolute Gasteiger partial charge is 0.308 e. The third-order valence-electron chi connectivity index (χ3n) is 3.99. The molecular formula is C17H20N4. The van der Waals surface area contributed by atoms with Gasteiger partial charge in [-0.3, -0.25) is 9.67 Å². The number of rotatable bonds is 4. The Kier molecular flexibility index (Phi) is 3.71. The van der Waals surface area contributed by atoms with Crippen molar-refractivity contribution in [1.29, 1.82) is 0 Å². The van der Waals surface area contributed by atoms with Crippen LogP contribution in [-0.2, 0) is 20.1 Å². The predicted octanol–water partition coefficient (Wildman–Crippen LogP) is 2.87. The molecule has 0 atom stereocenters. The van der Waals surface area contributed by atoms with E-state index in [-0.39, 0.29) is 0 Å². The molecule has 0 aliphatic rings. The SMILES string of the molecule is Cc1nn(C)c(C)c1CNCc1ccc2cnccc2c1. The maximum Gasteiger partial charge on any atom is 0.0641 e. The topological polar surface area (TPSA) is 42.7 Å². The van der Waals surface area contributed by atoms with E-state index in [9.17, 15) is 0 Å². The van der Waals surface area contributed by atoms with Gasteiger partial charge in [0.1, 0.15) is 0 Å². The van der Waals surface area contributed by atoms with Crippen LogP contribution in [0.4, 0.5) is 0 Å². The van der Waals surface area contributed by atoms with Crippen LogP contribution in [0.3, 0.4) is 0 Å². The van der Waals surface area contributed by atoms with E-state index < -0.39 is 0 Å². The average Bonchev–Trinajstić information content (AvgIpc) is 2.73. The normalized spacial score (nSPS) is 11.2. The molecule has 0 radical (unpaired) electrons. The van der Waals surface area contributed by atoms with E-state index in [1.54, 1.807) is 0 Å². The van der Waals surface area contributed by atoms with E-state index in [1.807, 2.05) is 30.2 Å². The highest BCUT2D eigenvalue weighted by molar-refractivity contribution is 5.81. The van der Waals surface area contributed by atoms with Crippen LogP contribution in [-0.4, -0.2) is 14.8 Å². The van der Waals surface area contributed by atoms with Gasteiger partial charge in [0.25, 0.3) is 0 Å². The van der Waals surface area contributed by atoms with Crippen LogP contribution in [0, 0.1) is 13.8 Å². The minimum absolute atomic E-state index is 0.847. The fourth-order valence-electron chi connectivity index (χ4n) is 2.65. The van der Waals surface area contributed by atoms with Gasteiger partial charge in [-0.25, -0.2) is 0 Å². The number of aryl methyl sites for hydroxylation is 2. The monoisotopic (exact) mass is 280 g/mol. The molecule has 0 spiro atoms. The molecule has 4 nitrogen and oxygen atoms in total. The summed E-state index contributed by atoms with van der Waals surface area (Å²) in [4.78, 5) is 4.14. The molecule has 3 aromatic rings. The van der Waals surface area contributed by atoms with Crippen LogP contribution >= 0.6 is 0 Å². The predicted molar refractivity (Wildman–Crippen MR) is 85.0 cm³/mol. The maximum atomic E-state index is 4.45. The molecule has 21 heavy (non-hydrogen) atoms. The standard InChI is InChI=1S/C17H20N4/c1-12-17(13(2)21(3)20-12)11-19-9-14-4-5-16-10-18-7-6-15(16)8-14/h4-8,10,19H,9,11H2,1-3H3. The average molecular weight is 280 g/mol. The molecule has 0 saturated carbocycles. The van der Waals surface area contributed by atoms with Crippen molar-refractivity contribution in [2.24, 2.45) is 7.05 Å². The van der Waals surface area contributed by atoms with Crippen molar-refractivity contribution in [2.45, 2.75) is 26.9 Å². The molecule has 108 valence electrons. The number of hydrogen-bond donors (Lipinski definition) is 1. The minimum Gasteiger partial charge on any atom is -0.308 e. The number of nitrogens with zero attached hydrogens (tertiary/aromatic N) is 3. The molecule has 4 heteroatoms. The van der Waals surface area contributed by atoms with Gasteiger partial charge < -0.3 is 5.32 Å². The molecule has 0 saturated heterocycles. The molecule has 0 fully saturated rings. The summed E-state index contributed by atoms with van der Waals surface area (Å²) in [7, 11) is 1.99. The molecule has 0 aliphatic carbocycles. The summed E-state index contributed by atoms with van der Waals surface area (Å²) in [6.45, 7) is 5.87. The van der Waals surface area contributed by atoms with Crippen molar-refractivity contribution in [2.75, 3.05) is 0 Å². The lowest BCUT2D eigenvalue weighted by atomic mass is 10.1. The third-order valence-corrected chi connectivity index (χ3v) is 3.99. The first-order valence-corrected chi connectivity index (χ1v) is 7.17. The highest BCUT2D eigenvalue weighted by Crippen LogP contribution is 2.15. The van der Waals surface area contributed by atoms with E-state index in [0.717, 1.165) is 18.8 Å². The zero-order valence-corrected chi connectivity index (χ0v) is 12.7. The van der Waals surface area contributed by atoms with Crippen molar-refractivity contribution >= 4 is 10.8 Å². The lowest BCUT2D eigenvalue weighted by Crippen LogP contribution is -2.13. The van der Waals surface area contributed by atoms with Crippen LogP contribution in [0.5, 0.6) is 0 Å². The van der Waals surface area contributed by atoms with Gasteiger partial charge in [0, 0.05) is 49.2 Å². The number of fused-ring (bicyclic) bond motifs is 1. The Balaban J connectivity index is 1.69. The second-order valence-electron chi connectivity index (χ2n) is 5.43. The van der Waals surface area contributed by atoms with Crippen molar-refractivity contribution < 1.29 is 0 Å². The molecule has 0 aliphatic heterocycles. The van der Waals surface area contributed by atoms with Gasteiger partial charge in [-0.1, -0.05) is 12.1 Å². The summed E-state index contributed by atoms with van der Waals surface area (Å²) >= 11 is 0. The van der Waals surface area contributed by atoms with Gasteiger partial charge in [-0.2, -0.15) is 5.10 Å². The highest BCUT2D eigenvalue weighted by atomic mass is 15.3. The Morgan fingerprint density at radius 2 is 1.95 bits per heavy atom. The van der Waals surface area contributed by atoms with Gasteiger partial charge in [-0.05, 0) is 36.9 Å². The van der Waals surface area contributed by atoms with Gasteiger partial charge in [-0.15, -0.1) is 0 Å². The van der Waals surface area contributed by atoms with Crippen LogP contribution in [0.15, 0.2) is 36.7 Å². The second kappa shape index (κ2) is 5.66. The Bertz CT molecular complexity index is 774. The summed E-state index contributed by atoms with van der Waals surface area (Å²) < 4.78 is 1.94. The molecule has 0 amide bonds. The summed E-state index contributed by atoms with van der Waals surface area (Å²) in [6, 6.07) is 8.54. The molecular weight excluding hydrogens is 260 g/mol. The van der Waals surface area contributed by atoms with Gasteiger partial charge in [0.05, 0.1) is 5.69 Å². The van der Waals surface area contributed by atoms with Crippen molar-refractivity contribution in [1.82, 2.24) is 20.1 Å². The molecule has 0 unspecified atom stereocenters. The Morgan fingerprint density at radius 1 is 1.10 bits per heavy atom. The molecule has 3 rings (SSSR count). The Hall–Kier alpha value is -2.20. The van der Waals surface area contributed by atoms with Crippen molar-refractivity contribution in [3.8, 4) is 0 Å². The summed E-state index contributed by atoms with van der Waals surface area (Å²) in [6.07, 6.45) is 3.73. The lowest BCUT2D eigenvalue weighted by Gasteiger charge is -2.07. The molecule has 1 N–H and O–H groups in total. The molecule has 2 heterocycles. The van der Waals surface area contributed by atoms with E-state index in [0.29, 0.717) is 0 Å². The minimum atomic E-state index is 0.847. The molecule has 2 aromatic heterocycles. The summed E-state index contributed by atoms with van der Waals surface area (Å²) in [5.74, 6) is 0. The lowest BCUT2D eigenvalue weighted by molar-refractivity contribution is 0.684. The fourth-order valence-corrected chi connectivity index (χ4v) is 2.65. The number of nitrogens with one attached hydrogen (secondary N) is 1. The number of aromatic nitrogens is 3. The quantitative estimate of drug-likeness (QED) is 0.799. The number of benzene rings is 1. The van der Waals surface area contributed by atoms with Crippen LogP contribution in [0.2, 0.25) is 0 Å². The summed E-state index contributed by atoms with van der Waals surface area (Å²) in [5.41, 5.74) is 4.91.